The number of hydrogen-bond acceptors (Lipinski definition) is 4. The lowest BCUT2D eigenvalue weighted by molar-refractivity contribution is -0.140. The minimum absolute atomic E-state index is 0.138. The van der Waals surface area contributed by atoms with E-state index in [-0.39, 0.29) is 12.1 Å². The van der Waals surface area contributed by atoms with Gasteiger partial charge in [0, 0.05) is 12.6 Å². The number of aliphatic hydroxyl groups is 1. The molecule has 0 amide bonds. The summed E-state index contributed by atoms with van der Waals surface area (Å²) in [5, 5.41) is 12.1. The largest absolute Gasteiger partial charge is 0.469 e. The fourth-order valence-electron chi connectivity index (χ4n) is 1.23. The van der Waals surface area contributed by atoms with Crippen molar-refractivity contribution < 1.29 is 14.6 Å². The molecule has 1 aliphatic carbocycles. The van der Waals surface area contributed by atoms with Crippen molar-refractivity contribution >= 4 is 5.97 Å². The molecule has 0 aromatic heterocycles. The fourth-order valence-corrected chi connectivity index (χ4v) is 1.23. The van der Waals surface area contributed by atoms with Crippen LogP contribution in [0.15, 0.2) is 0 Å². The first kappa shape index (κ1) is 9.48. The van der Waals surface area contributed by atoms with Crippen LogP contribution >= 0.6 is 0 Å². The molecule has 70 valence electrons. The molecular weight excluding hydrogens is 158 g/mol. The summed E-state index contributed by atoms with van der Waals surface area (Å²) in [4.78, 5) is 10.7. The molecule has 0 aromatic rings. The van der Waals surface area contributed by atoms with Gasteiger partial charge < -0.3 is 15.2 Å². The first-order chi connectivity index (χ1) is 5.72. The summed E-state index contributed by atoms with van der Waals surface area (Å²) < 4.78 is 4.48. The Bertz CT molecular complexity index is 154. The highest BCUT2D eigenvalue weighted by atomic mass is 16.5. The lowest BCUT2D eigenvalue weighted by Crippen LogP contribution is -2.44. The van der Waals surface area contributed by atoms with Crippen LogP contribution in [0, 0.1) is 0 Å². The summed E-state index contributed by atoms with van der Waals surface area (Å²) in [6, 6.07) is 0.393. The van der Waals surface area contributed by atoms with Gasteiger partial charge in [-0.3, -0.25) is 4.79 Å². The van der Waals surface area contributed by atoms with Crippen molar-refractivity contribution in [1.82, 2.24) is 5.32 Å². The second-order valence-electron chi connectivity index (χ2n) is 3.10. The summed E-state index contributed by atoms with van der Waals surface area (Å²) in [5.41, 5.74) is 0. The van der Waals surface area contributed by atoms with E-state index >= 15 is 0 Å². The van der Waals surface area contributed by atoms with Gasteiger partial charge in [0.15, 0.2) is 0 Å². The van der Waals surface area contributed by atoms with E-state index in [4.69, 9.17) is 5.11 Å². The number of carbonyl (C=O) groups excluding carboxylic acids is 1. The molecule has 1 saturated carbocycles. The number of esters is 1. The van der Waals surface area contributed by atoms with Gasteiger partial charge in [0.2, 0.25) is 0 Å². The molecule has 4 heteroatoms. The molecule has 0 radical (unpaired) electrons. The number of methoxy groups -OCH3 is 1. The number of nitrogens with one attached hydrogen (secondary N) is 1. The van der Waals surface area contributed by atoms with Crippen molar-refractivity contribution in [2.75, 3.05) is 13.7 Å². The van der Waals surface area contributed by atoms with Gasteiger partial charge in [-0.05, 0) is 12.8 Å². The third kappa shape index (κ3) is 2.79. The van der Waals surface area contributed by atoms with Crippen molar-refractivity contribution in [2.45, 2.75) is 31.4 Å². The van der Waals surface area contributed by atoms with Gasteiger partial charge in [-0.1, -0.05) is 0 Å². The Kier molecular flexibility index (Phi) is 3.49. The maximum absolute atomic E-state index is 10.7. The normalized spacial score (nSPS) is 27.8. The van der Waals surface area contributed by atoms with Crippen LogP contribution in [0.3, 0.4) is 0 Å². The van der Waals surface area contributed by atoms with Gasteiger partial charge in [-0.2, -0.15) is 0 Å². The molecule has 2 N–H and O–H groups in total. The van der Waals surface area contributed by atoms with Gasteiger partial charge in [-0.15, -0.1) is 0 Å². The Morgan fingerprint density at radius 2 is 2.33 bits per heavy atom. The molecule has 1 rings (SSSR count). The van der Waals surface area contributed by atoms with E-state index in [2.05, 4.69) is 10.1 Å². The molecule has 1 aliphatic rings. The maximum atomic E-state index is 10.7. The molecule has 4 nitrogen and oxygen atoms in total. The van der Waals surface area contributed by atoms with Crippen LogP contribution in [0.1, 0.15) is 19.3 Å². The predicted octanol–water partition coefficient (Wildman–Crippen LogP) is -0.338. The average molecular weight is 173 g/mol. The maximum Gasteiger partial charge on any atom is 0.306 e. The Morgan fingerprint density at radius 3 is 2.83 bits per heavy atom. The number of rotatable bonds is 4. The fraction of sp³-hybridized carbons (Fsp3) is 0.875. The minimum atomic E-state index is -0.192. The van der Waals surface area contributed by atoms with Crippen LogP contribution in [-0.4, -0.2) is 36.9 Å². The highest BCUT2D eigenvalue weighted by molar-refractivity contribution is 5.69. The van der Waals surface area contributed by atoms with Crippen LogP contribution in [-0.2, 0) is 9.53 Å². The average Bonchev–Trinajstić information content (AvgIpc) is 2.01. The zero-order chi connectivity index (χ0) is 8.97. The van der Waals surface area contributed by atoms with E-state index in [1.807, 2.05) is 0 Å². The number of aliphatic hydroxyl groups excluding tert-OH is 1. The van der Waals surface area contributed by atoms with E-state index in [9.17, 15) is 4.79 Å². The van der Waals surface area contributed by atoms with E-state index < -0.39 is 0 Å². The molecule has 0 unspecified atom stereocenters. The lowest BCUT2D eigenvalue weighted by atomic mass is 9.89. The molecule has 0 aliphatic heterocycles. The van der Waals surface area contributed by atoms with E-state index in [1.54, 1.807) is 0 Å². The van der Waals surface area contributed by atoms with Crippen molar-refractivity contribution in [3.8, 4) is 0 Å². The molecule has 0 aromatic carbocycles. The topological polar surface area (TPSA) is 58.6 Å². The number of hydrogen-bond donors (Lipinski definition) is 2. The van der Waals surface area contributed by atoms with E-state index in [1.165, 1.54) is 7.11 Å². The Morgan fingerprint density at radius 1 is 1.67 bits per heavy atom. The van der Waals surface area contributed by atoms with Crippen LogP contribution in [0.25, 0.3) is 0 Å². The van der Waals surface area contributed by atoms with Crippen molar-refractivity contribution in [1.29, 1.82) is 0 Å². The van der Waals surface area contributed by atoms with Gasteiger partial charge in [0.05, 0.1) is 19.6 Å². The van der Waals surface area contributed by atoms with Gasteiger partial charge in [0.1, 0.15) is 0 Å². The second kappa shape index (κ2) is 4.42. The lowest BCUT2D eigenvalue weighted by Gasteiger charge is -2.32. The molecule has 12 heavy (non-hydrogen) atoms. The zero-order valence-electron chi connectivity index (χ0n) is 7.25. The molecule has 0 bridgehead atoms. The Hall–Kier alpha value is -0.610. The third-order valence-electron chi connectivity index (χ3n) is 2.10. The quantitative estimate of drug-likeness (QED) is 0.571. The molecule has 0 spiro atoms. The summed E-state index contributed by atoms with van der Waals surface area (Å²) in [6.45, 7) is 0.643. The highest BCUT2D eigenvalue weighted by Crippen LogP contribution is 2.18. The Labute approximate surface area is 71.9 Å². The van der Waals surface area contributed by atoms with Crippen LogP contribution < -0.4 is 5.32 Å². The summed E-state index contributed by atoms with van der Waals surface area (Å²) >= 11 is 0. The zero-order valence-corrected chi connectivity index (χ0v) is 7.25. The van der Waals surface area contributed by atoms with Gasteiger partial charge in [0.25, 0.3) is 0 Å². The van der Waals surface area contributed by atoms with Crippen molar-refractivity contribution in [2.24, 2.45) is 0 Å². The summed E-state index contributed by atoms with van der Waals surface area (Å²) in [7, 11) is 1.38. The third-order valence-corrected chi connectivity index (χ3v) is 2.10. The van der Waals surface area contributed by atoms with Crippen molar-refractivity contribution in [3.05, 3.63) is 0 Å². The molecule has 0 heterocycles. The van der Waals surface area contributed by atoms with Crippen LogP contribution in [0.4, 0.5) is 0 Å². The standard InChI is InChI=1S/C8H15NO3/c1-12-8(11)2-3-9-6-4-7(10)5-6/h6-7,9-10H,2-5H2,1H3. The highest BCUT2D eigenvalue weighted by Gasteiger charge is 2.26. The van der Waals surface area contributed by atoms with Gasteiger partial charge >= 0.3 is 5.97 Å². The van der Waals surface area contributed by atoms with E-state index in [0.717, 1.165) is 12.8 Å². The minimum Gasteiger partial charge on any atom is -0.469 e. The van der Waals surface area contributed by atoms with Crippen LogP contribution in [0.2, 0.25) is 0 Å². The molecule has 1 fully saturated rings. The predicted molar refractivity (Wildman–Crippen MR) is 43.7 cm³/mol. The first-order valence-corrected chi connectivity index (χ1v) is 4.20. The summed E-state index contributed by atoms with van der Waals surface area (Å²) in [6.07, 6.45) is 1.88. The van der Waals surface area contributed by atoms with Gasteiger partial charge in [-0.25, -0.2) is 0 Å². The second-order valence-corrected chi connectivity index (χ2v) is 3.10. The smallest absolute Gasteiger partial charge is 0.306 e. The first-order valence-electron chi connectivity index (χ1n) is 4.20. The SMILES string of the molecule is COC(=O)CCNC1CC(O)C1. The number of carbonyl (C=O) groups is 1. The number of ether oxygens (including phenoxy) is 1. The molecule has 0 atom stereocenters. The Balaban J connectivity index is 1.93. The van der Waals surface area contributed by atoms with E-state index in [0.29, 0.717) is 19.0 Å². The molecular formula is C8H15NO3. The van der Waals surface area contributed by atoms with Crippen LogP contribution in [0.5, 0.6) is 0 Å². The summed E-state index contributed by atoms with van der Waals surface area (Å²) in [5.74, 6) is -0.192. The monoisotopic (exact) mass is 173 g/mol. The molecule has 0 saturated heterocycles. The van der Waals surface area contributed by atoms with Crippen molar-refractivity contribution in [3.63, 3.8) is 0 Å².